The maximum Gasteiger partial charge on any atom is 0.161 e. The van der Waals surface area contributed by atoms with E-state index in [1.54, 1.807) is 6.92 Å². The lowest BCUT2D eigenvalue weighted by Crippen LogP contribution is -2.26. The van der Waals surface area contributed by atoms with Gasteiger partial charge in [-0.3, -0.25) is 4.79 Å². The monoisotopic (exact) mass is 251 g/mol. The minimum absolute atomic E-state index is 0.0232. The first-order chi connectivity index (χ1) is 8.13. The molecule has 92 valence electrons. The van der Waals surface area contributed by atoms with Crippen LogP contribution in [0.3, 0.4) is 0 Å². The molecule has 0 bridgehead atoms. The van der Waals surface area contributed by atoms with E-state index in [4.69, 9.17) is 11.6 Å². The lowest BCUT2D eigenvalue weighted by molar-refractivity contribution is 0.101. The SMILES string of the molecule is CCCN(c1ccc(C(C)=O)c(Cl)c1)C1CC1. The smallest absolute Gasteiger partial charge is 0.161 e. The number of carbonyl (C=O) groups is 1. The van der Waals surface area contributed by atoms with Gasteiger partial charge in [-0.2, -0.15) is 0 Å². The lowest BCUT2D eigenvalue weighted by Gasteiger charge is -2.24. The van der Waals surface area contributed by atoms with E-state index < -0.39 is 0 Å². The van der Waals surface area contributed by atoms with Gasteiger partial charge in [0, 0.05) is 23.8 Å². The third-order valence-electron chi connectivity index (χ3n) is 3.12. The van der Waals surface area contributed by atoms with Crippen LogP contribution in [-0.2, 0) is 0 Å². The zero-order chi connectivity index (χ0) is 12.4. The lowest BCUT2D eigenvalue weighted by atomic mass is 10.1. The Kier molecular flexibility index (Phi) is 3.72. The summed E-state index contributed by atoms with van der Waals surface area (Å²) in [6, 6.07) is 6.45. The van der Waals surface area contributed by atoms with Gasteiger partial charge in [-0.15, -0.1) is 0 Å². The molecule has 0 radical (unpaired) electrons. The van der Waals surface area contributed by atoms with Crippen LogP contribution in [0, 0.1) is 0 Å². The van der Waals surface area contributed by atoms with Crippen LogP contribution in [0.2, 0.25) is 5.02 Å². The molecule has 0 unspecified atom stereocenters. The van der Waals surface area contributed by atoms with Crippen LogP contribution in [-0.4, -0.2) is 18.4 Å². The van der Waals surface area contributed by atoms with Gasteiger partial charge in [-0.1, -0.05) is 18.5 Å². The number of ketones is 1. The Morgan fingerprint density at radius 1 is 1.47 bits per heavy atom. The first kappa shape index (κ1) is 12.4. The van der Waals surface area contributed by atoms with Gasteiger partial charge in [-0.25, -0.2) is 0 Å². The molecule has 0 N–H and O–H groups in total. The molecule has 1 aliphatic rings. The summed E-state index contributed by atoms with van der Waals surface area (Å²) in [7, 11) is 0. The van der Waals surface area contributed by atoms with E-state index in [-0.39, 0.29) is 5.78 Å². The fourth-order valence-corrected chi connectivity index (χ4v) is 2.43. The van der Waals surface area contributed by atoms with E-state index >= 15 is 0 Å². The number of benzene rings is 1. The van der Waals surface area contributed by atoms with Gasteiger partial charge in [0.1, 0.15) is 0 Å². The Balaban J connectivity index is 2.25. The van der Waals surface area contributed by atoms with E-state index in [1.807, 2.05) is 18.2 Å². The largest absolute Gasteiger partial charge is 0.369 e. The summed E-state index contributed by atoms with van der Waals surface area (Å²) in [6.45, 7) is 4.78. The second-order valence-corrected chi connectivity index (χ2v) is 5.05. The molecule has 1 aromatic rings. The zero-order valence-corrected chi connectivity index (χ0v) is 11.1. The summed E-state index contributed by atoms with van der Waals surface area (Å²) in [6.07, 6.45) is 3.67. The van der Waals surface area contributed by atoms with Gasteiger partial charge >= 0.3 is 0 Å². The maximum atomic E-state index is 11.3. The number of hydrogen-bond acceptors (Lipinski definition) is 2. The van der Waals surface area contributed by atoms with Crippen molar-refractivity contribution in [2.45, 2.75) is 39.2 Å². The van der Waals surface area contributed by atoms with Crippen molar-refractivity contribution in [3.05, 3.63) is 28.8 Å². The second-order valence-electron chi connectivity index (χ2n) is 4.64. The summed E-state index contributed by atoms with van der Waals surface area (Å²) < 4.78 is 0. The van der Waals surface area contributed by atoms with Gasteiger partial charge in [0.25, 0.3) is 0 Å². The Morgan fingerprint density at radius 3 is 2.65 bits per heavy atom. The molecule has 0 aromatic heterocycles. The van der Waals surface area contributed by atoms with E-state index in [9.17, 15) is 4.79 Å². The fourth-order valence-electron chi connectivity index (χ4n) is 2.12. The van der Waals surface area contributed by atoms with Crippen LogP contribution >= 0.6 is 11.6 Å². The van der Waals surface area contributed by atoms with Crippen molar-refractivity contribution < 1.29 is 4.79 Å². The van der Waals surface area contributed by atoms with Gasteiger partial charge in [0.2, 0.25) is 0 Å². The quantitative estimate of drug-likeness (QED) is 0.740. The molecule has 17 heavy (non-hydrogen) atoms. The summed E-state index contributed by atoms with van der Waals surface area (Å²) in [4.78, 5) is 13.7. The number of anilines is 1. The molecule has 3 heteroatoms. The number of hydrogen-bond donors (Lipinski definition) is 0. The molecule has 0 heterocycles. The number of Topliss-reactive ketones (excluding diaryl/α,β-unsaturated/α-hetero) is 1. The van der Waals surface area contributed by atoms with Crippen LogP contribution in [0.25, 0.3) is 0 Å². The van der Waals surface area contributed by atoms with Crippen LogP contribution in [0.1, 0.15) is 43.5 Å². The number of carbonyl (C=O) groups excluding carboxylic acids is 1. The van der Waals surface area contributed by atoms with E-state index in [1.165, 1.54) is 12.8 Å². The zero-order valence-electron chi connectivity index (χ0n) is 10.4. The van der Waals surface area contributed by atoms with Crippen molar-refractivity contribution in [2.75, 3.05) is 11.4 Å². The summed E-state index contributed by atoms with van der Waals surface area (Å²) in [5.41, 5.74) is 1.76. The van der Waals surface area contributed by atoms with Gasteiger partial charge in [0.05, 0.1) is 5.02 Å². The number of nitrogens with zero attached hydrogens (tertiary/aromatic N) is 1. The molecule has 1 aromatic carbocycles. The summed E-state index contributed by atoms with van der Waals surface area (Å²) in [5, 5.41) is 0.566. The highest BCUT2D eigenvalue weighted by atomic mass is 35.5. The minimum atomic E-state index is 0.0232. The van der Waals surface area contributed by atoms with Gasteiger partial charge in [-0.05, 0) is 44.4 Å². The molecule has 1 saturated carbocycles. The van der Waals surface area contributed by atoms with Crippen molar-refractivity contribution in [3.8, 4) is 0 Å². The average Bonchev–Trinajstić information content (AvgIpc) is 3.09. The standard InChI is InChI=1S/C14H18ClNO/c1-3-8-16(11-4-5-11)12-6-7-13(10(2)17)14(15)9-12/h6-7,9,11H,3-5,8H2,1-2H3. The van der Waals surface area contributed by atoms with Crippen LogP contribution in [0.4, 0.5) is 5.69 Å². The predicted molar refractivity (Wildman–Crippen MR) is 72.1 cm³/mol. The van der Waals surface area contributed by atoms with E-state index in [2.05, 4.69) is 11.8 Å². The van der Waals surface area contributed by atoms with Crippen molar-refractivity contribution in [1.29, 1.82) is 0 Å². The fraction of sp³-hybridized carbons (Fsp3) is 0.500. The highest BCUT2D eigenvalue weighted by Crippen LogP contribution is 2.33. The third-order valence-corrected chi connectivity index (χ3v) is 3.43. The molecule has 0 saturated heterocycles. The Bertz CT molecular complexity index is 426. The Labute approximate surface area is 108 Å². The maximum absolute atomic E-state index is 11.3. The predicted octanol–water partition coefficient (Wildman–Crippen LogP) is 3.92. The molecule has 1 fully saturated rings. The molecule has 0 spiro atoms. The molecule has 0 aliphatic heterocycles. The molecule has 2 rings (SSSR count). The Hall–Kier alpha value is -1.02. The van der Waals surface area contributed by atoms with Crippen molar-refractivity contribution in [1.82, 2.24) is 0 Å². The molecular weight excluding hydrogens is 234 g/mol. The number of halogens is 1. The van der Waals surface area contributed by atoms with Gasteiger partial charge < -0.3 is 4.90 Å². The molecule has 0 amide bonds. The molecule has 0 atom stereocenters. The molecule has 1 aliphatic carbocycles. The summed E-state index contributed by atoms with van der Waals surface area (Å²) >= 11 is 6.15. The van der Waals surface area contributed by atoms with Crippen molar-refractivity contribution >= 4 is 23.1 Å². The second kappa shape index (κ2) is 5.09. The Morgan fingerprint density at radius 2 is 2.18 bits per heavy atom. The normalized spacial score (nSPS) is 14.8. The van der Waals surface area contributed by atoms with Crippen LogP contribution < -0.4 is 4.90 Å². The summed E-state index contributed by atoms with van der Waals surface area (Å²) in [5.74, 6) is 0.0232. The van der Waals surface area contributed by atoms with E-state index in [0.717, 1.165) is 18.7 Å². The molecular formula is C14H18ClNO. The molecule has 2 nitrogen and oxygen atoms in total. The highest BCUT2D eigenvalue weighted by molar-refractivity contribution is 6.34. The average molecular weight is 252 g/mol. The topological polar surface area (TPSA) is 20.3 Å². The van der Waals surface area contributed by atoms with Crippen LogP contribution in [0.15, 0.2) is 18.2 Å². The van der Waals surface area contributed by atoms with Crippen molar-refractivity contribution in [2.24, 2.45) is 0 Å². The minimum Gasteiger partial charge on any atom is -0.369 e. The number of rotatable bonds is 5. The van der Waals surface area contributed by atoms with Crippen LogP contribution in [0.5, 0.6) is 0 Å². The highest BCUT2D eigenvalue weighted by Gasteiger charge is 2.28. The third kappa shape index (κ3) is 2.81. The first-order valence-electron chi connectivity index (χ1n) is 6.20. The van der Waals surface area contributed by atoms with E-state index in [0.29, 0.717) is 16.6 Å². The van der Waals surface area contributed by atoms with Gasteiger partial charge in [0.15, 0.2) is 5.78 Å². The first-order valence-corrected chi connectivity index (χ1v) is 6.58. The van der Waals surface area contributed by atoms with Crippen molar-refractivity contribution in [3.63, 3.8) is 0 Å².